The molecule has 1 rings (SSSR count). The minimum absolute atomic E-state index is 0.176. The first-order valence-corrected chi connectivity index (χ1v) is 7.00. The molecule has 3 heteroatoms. The smallest absolute Gasteiger partial charge is 0.0471 e. The normalized spacial score (nSPS) is 14.6. The Bertz CT molecular complexity index is 350. The molecule has 0 amide bonds. The highest BCUT2D eigenvalue weighted by Gasteiger charge is 2.13. The lowest BCUT2D eigenvalue weighted by atomic mass is 9.90. The molecule has 0 spiro atoms. The molecule has 0 heterocycles. The average Bonchev–Trinajstić information content (AvgIpc) is 2.35. The monoisotopic (exact) mass is 299 g/mol. The van der Waals surface area contributed by atoms with Gasteiger partial charge < -0.3 is 10.8 Å². The third-order valence-corrected chi connectivity index (χ3v) is 4.04. The van der Waals surface area contributed by atoms with Gasteiger partial charge in [-0.25, -0.2) is 0 Å². The van der Waals surface area contributed by atoms with E-state index in [0.29, 0.717) is 12.5 Å². The summed E-state index contributed by atoms with van der Waals surface area (Å²) < 4.78 is 1.18. The minimum Gasteiger partial charge on any atom is -0.396 e. The van der Waals surface area contributed by atoms with E-state index in [1.54, 1.807) is 0 Å². The van der Waals surface area contributed by atoms with E-state index in [9.17, 15) is 0 Å². The summed E-state index contributed by atoms with van der Waals surface area (Å²) >= 11 is 3.60. The largest absolute Gasteiger partial charge is 0.396 e. The zero-order chi connectivity index (χ0) is 12.8. The van der Waals surface area contributed by atoms with Crippen molar-refractivity contribution in [2.75, 3.05) is 13.2 Å². The molecule has 0 aromatic heterocycles. The molecule has 2 atom stereocenters. The summed E-state index contributed by atoms with van der Waals surface area (Å²) in [5.74, 6) is 0.632. The van der Waals surface area contributed by atoms with Gasteiger partial charge in [-0.15, -0.1) is 0 Å². The van der Waals surface area contributed by atoms with E-state index in [0.717, 1.165) is 12.8 Å². The number of aliphatic hydroxyl groups is 1. The van der Waals surface area contributed by atoms with Crippen LogP contribution in [0.2, 0.25) is 0 Å². The Morgan fingerprint density at radius 2 is 2.12 bits per heavy atom. The molecule has 17 heavy (non-hydrogen) atoms. The van der Waals surface area contributed by atoms with Crippen molar-refractivity contribution in [1.82, 2.24) is 0 Å². The van der Waals surface area contributed by atoms with Gasteiger partial charge in [-0.1, -0.05) is 41.9 Å². The van der Waals surface area contributed by atoms with Crippen molar-refractivity contribution in [1.29, 1.82) is 0 Å². The van der Waals surface area contributed by atoms with Crippen molar-refractivity contribution in [3.05, 3.63) is 33.8 Å². The molecule has 0 saturated carbocycles. The van der Waals surface area contributed by atoms with Gasteiger partial charge in [0.05, 0.1) is 0 Å². The minimum atomic E-state index is 0.176. The second-order valence-electron chi connectivity index (χ2n) is 4.63. The molecule has 0 bridgehead atoms. The van der Waals surface area contributed by atoms with Crippen molar-refractivity contribution in [2.45, 2.75) is 32.6 Å². The number of aryl methyl sites for hydroxylation is 1. The Morgan fingerprint density at radius 3 is 2.59 bits per heavy atom. The number of hydrogen-bond acceptors (Lipinski definition) is 2. The van der Waals surface area contributed by atoms with Crippen LogP contribution >= 0.6 is 15.9 Å². The quantitative estimate of drug-likeness (QED) is 0.848. The number of rotatable bonds is 6. The van der Waals surface area contributed by atoms with Crippen molar-refractivity contribution in [2.24, 2.45) is 11.7 Å². The first-order valence-electron chi connectivity index (χ1n) is 6.21. The molecule has 0 radical (unpaired) electrons. The van der Waals surface area contributed by atoms with Crippen LogP contribution in [-0.4, -0.2) is 18.3 Å². The summed E-state index contributed by atoms with van der Waals surface area (Å²) in [5, 5.41) is 9.17. The fourth-order valence-electron chi connectivity index (χ4n) is 2.04. The molecule has 2 unspecified atom stereocenters. The zero-order valence-electron chi connectivity index (χ0n) is 10.6. The van der Waals surface area contributed by atoms with Crippen molar-refractivity contribution < 1.29 is 5.11 Å². The van der Waals surface area contributed by atoms with Crippen LogP contribution in [0.15, 0.2) is 22.7 Å². The molecular formula is C14H22BrNO. The van der Waals surface area contributed by atoms with Crippen LogP contribution < -0.4 is 5.73 Å². The fraction of sp³-hybridized carbons (Fsp3) is 0.571. The SMILES string of the molecule is CCc1ccc(C(C)CC(CN)CO)cc1Br. The number of aliphatic hydroxyl groups excluding tert-OH is 1. The van der Waals surface area contributed by atoms with E-state index in [2.05, 4.69) is 48.0 Å². The van der Waals surface area contributed by atoms with Gasteiger partial charge in [-0.3, -0.25) is 0 Å². The van der Waals surface area contributed by atoms with E-state index < -0.39 is 0 Å². The van der Waals surface area contributed by atoms with Crippen LogP contribution in [0.5, 0.6) is 0 Å². The first-order chi connectivity index (χ1) is 8.12. The molecule has 2 nitrogen and oxygen atoms in total. The summed E-state index contributed by atoms with van der Waals surface area (Å²) in [6.07, 6.45) is 1.97. The van der Waals surface area contributed by atoms with Gasteiger partial charge in [0.1, 0.15) is 0 Å². The van der Waals surface area contributed by atoms with Crippen LogP contribution in [0.25, 0.3) is 0 Å². The average molecular weight is 300 g/mol. The van der Waals surface area contributed by atoms with E-state index >= 15 is 0 Å². The molecule has 0 fully saturated rings. The van der Waals surface area contributed by atoms with Crippen molar-refractivity contribution in [3.8, 4) is 0 Å². The summed E-state index contributed by atoms with van der Waals surface area (Å²) in [6.45, 7) is 5.06. The Morgan fingerprint density at radius 1 is 1.41 bits per heavy atom. The van der Waals surface area contributed by atoms with E-state index in [4.69, 9.17) is 10.8 Å². The molecule has 0 saturated heterocycles. The summed E-state index contributed by atoms with van der Waals surface area (Å²) in [7, 11) is 0. The Kier molecular flexibility index (Phi) is 6.17. The van der Waals surface area contributed by atoms with Crippen LogP contribution in [0.4, 0.5) is 0 Å². The summed E-state index contributed by atoms with van der Waals surface area (Å²) in [6, 6.07) is 6.54. The lowest BCUT2D eigenvalue weighted by Gasteiger charge is -2.18. The summed E-state index contributed by atoms with van der Waals surface area (Å²) in [5.41, 5.74) is 8.25. The molecule has 1 aromatic rings. The number of nitrogens with two attached hydrogens (primary N) is 1. The maximum atomic E-state index is 9.17. The van der Waals surface area contributed by atoms with Gasteiger partial charge in [0.15, 0.2) is 0 Å². The summed E-state index contributed by atoms with van der Waals surface area (Å²) in [4.78, 5) is 0. The maximum absolute atomic E-state index is 9.17. The van der Waals surface area contributed by atoms with Gasteiger partial charge in [0, 0.05) is 11.1 Å². The van der Waals surface area contributed by atoms with Crippen molar-refractivity contribution in [3.63, 3.8) is 0 Å². The number of hydrogen-bond donors (Lipinski definition) is 2. The third-order valence-electron chi connectivity index (χ3n) is 3.31. The highest BCUT2D eigenvalue weighted by Crippen LogP contribution is 2.27. The maximum Gasteiger partial charge on any atom is 0.0471 e. The second-order valence-corrected chi connectivity index (χ2v) is 5.48. The van der Waals surface area contributed by atoms with Crippen LogP contribution in [0.3, 0.4) is 0 Å². The van der Waals surface area contributed by atoms with E-state index in [-0.39, 0.29) is 12.5 Å². The Balaban J connectivity index is 2.75. The molecule has 0 aliphatic rings. The lowest BCUT2D eigenvalue weighted by molar-refractivity contribution is 0.217. The third kappa shape index (κ3) is 4.09. The predicted octanol–water partition coefficient (Wildman–Crippen LogP) is 3.07. The topological polar surface area (TPSA) is 46.2 Å². The second kappa shape index (κ2) is 7.14. The van der Waals surface area contributed by atoms with Gasteiger partial charge in [-0.05, 0) is 48.4 Å². The number of benzene rings is 1. The van der Waals surface area contributed by atoms with Crippen LogP contribution in [0, 0.1) is 5.92 Å². The van der Waals surface area contributed by atoms with E-state index in [1.165, 1.54) is 15.6 Å². The van der Waals surface area contributed by atoms with Gasteiger partial charge >= 0.3 is 0 Å². The predicted molar refractivity (Wildman–Crippen MR) is 76.2 cm³/mol. The van der Waals surface area contributed by atoms with E-state index in [1.807, 2.05) is 0 Å². The lowest BCUT2D eigenvalue weighted by Crippen LogP contribution is -2.20. The molecule has 96 valence electrons. The zero-order valence-corrected chi connectivity index (χ0v) is 12.2. The first kappa shape index (κ1) is 14.7. The number of halogens is 1. The highest BCUT2D eigenvalue weighted by molar-refractivity contribution is 9.10. The van der Waals surface area contributed by atoms with Gasteiger partial charge in [0.25, 0.3) is 0 Å². The molecule has 3 N–H and O–H groups in total. The van der Waals surface area contributed by atoms with Crippen molar-refractivity contribution >= 4 is 15.9 Å². The standard InChI is InChI=1S/C14H22BrNO/c1-3-12-4-5-13(7-14(12)15)10(2)6-11(8-16)9-17/h4-5,7,10-11,17H,3,6,8-9,16H2,1-2H3. The van der Waals surface area contributed by atoms with Gasteiger partial charge in [-0.2, -0.15) is 0 Å². The van der Waals surface area contributed by atoms with Crippen LogP contribution in [0.1, 0.15) is 37.3 Å². The molecule has 0 aliphatic heterocycles. The Hall–Kier alpha value is -0.380. The molecular weight excluding hydrogens is 278 g/mol. The molecule has 0 aliphatic carbocycles. The Labute approximate surface area is 112 Å². The van der Waals surface area contributed by atoms with Crippen LogP contribution in [-0.2, 0) is 6.42 Å². The molecule has 1 aromatic carbocycles. The highest BCUT2D eigenvalue weighted by atomic mass is 79.9. The fourth-order valence-corrected chi connectivity index (χ4v) is 2.72. The van der Waals surface area contributed by atoms with Gasteiger partial charge in [0.2, 0.25) is 0 Å².